The summed E-state index contributed by atoms with van der Waals surface area (Å²) < 4.78 is 0. The molecule has 2 nitrogen and oxygen atoms in total. The number of carbonyl (C=O) groups excluding carboxylic acids is 1. The Balaban J connectivity index is 1.55. The number of nitrogens with one attached hydrogen (secondary N) is 1. The second kappa shape index (κ2) is 6.48. The van der Waals surface area contributed by atoms with E-state index in [0.29, 0.717) is 11.3 Å². The van der Waals surface area contributed by atoms with Crippen LogP contribution in [-0.2, 0) is 11.2 Å². The Morgan fingerprint density at radius 2 is 2.25 bits per heavy atom. The summed E-state index contributed by atoms with van der Waals surface area (Å²) in [5, 5.41) is 5.61. The highest BCUT2D eigenvalue weighted by molar-refractivity contribution is 7.10. The van der Waals surface area contributed by atoms with E-state index in [-0.39, 0.29) is 11.8 Å². The molecular formula is C16H22ClNOS. The molecule has 1 aromatic heterocycles. The third-order valence-corrected chi connectivity index (χ3v) is 6.05. The number of aryl methyl sites for hydroxylation is 1. The largest absolute Gasteiger partial charge is 0.355 e. The lowest BCUT2D eigenvalue weighted by molar-refractivity contribution is -0.123. The molecular weight excluding hydrogens is 290 g/mol. The Morgan fingerprint density at radius 1 is 1.35 bits per heavy atom. The minimum atomic E-state index is 0.0837. The summed E-state index contributed by atoms with van der Waals surface area (Å²) >= 11 is 8.01. The van der Waals surface area contributed by atoms with Gasteiger partial charge in [0.05, 0.1) is 5.92 Å². The van der Waals surface area contributed by atoms with E-state index in [1.165, 1.54) is 23.3 Å². The highest BCUT2D eigenvalue weighted by Gasteiger charge is 2.28. The maximum absolute atomic E-state index is 12.4. The molecule has 2 aliphatic rings. The molecule has 3 atom stereocenters. The van der Waals surface area contributed by atoms with Gasteiger partial charge in [0.2, 0.25) is 5.91 Å². The Morgan fingerprint density at radius 3 is 3.10 bits per heavy atom. The summed E-state index contributed by atoms with van der Waals surface area (Å²) in [5.74, 6) is 0.877. The molecule has 0 bridgehead atoms. The monoisotopic (exact) mass is 311 g/mol. The lowest BCUT2D eigenvalue weighted by atomic mass is 9.86. The first kappa shape index (κ1) is 14.4. The summed E-state index contributed by atoms with van der Waals surface area (Å²) in [5.41, 5.74) is 1.28. The van der Waals surface area contributed by atoms with E-state index in [2.05, 4.69) is 16.8 Å². The van der Waals surface area contributed by atoms with Gasteiger partial charge in [-0.1, -0.05) is 6.42 Å². The van der Waals surface area contributed by atoms with Crippen molar-refractivity contribution in [2.24, 2.45) is 5.92 Å². The molecule has 3 unspecified atom stereocenters. The highest BCUT2D eigenvalue weighted by Crippen LogP contribution is 2.35. The van der Waals surface area contributed by atoms with Gasteiger partial charge in [-0.3, -0.25) is 4.79 Å². The van der Waals surface area contributed by atoms with Crippen LogP contribution in [0.1, 0.15) is 54.9 Å². The van der Waals surface area contributed by atoms with Crippen molar-refractivity contribution in [2.75, 3.05) is 6.54 Å². The first-order valence-electron chi connectivity index (χ1n) is 7.72. The Kier molecular flexibility index (Phi) is 4.67. The highest BCUT2D eigenvalue weighted by atomic mass is 35.5. The number of halogens is 1. The number of thiophene rings is 1. The molecule has 1 saturated carbocycles. The fourth-order valence-electron chi connectivity index (χ4n) is 3.54. The molecule has 0 aromatic carbocycles. The van der Waals surface area contributed by atoms with Crippen molar-refractivity contribution < 1.29 is 4.79 Å². The van der Waals surface area contributed by atoms with Crippen LogP contribution in [0, 0.1) is 5.92 Å². The van der Waals surface area contributed by atoms with Crippen molar-refractivity contribution in [1.82, 2.24) is 5.32 Å². The third-order valence-electron chi connectivity index (χ3n) is 4.65. The fraction of sp³-hybridized carbons (Fsp3) is 0.688. The van der Waals surface area contributed by atoms with E-state index in [9.17, 15) is 4.79 Å². The topological polar surface area (TPSA) is 29.1 Å². The Labute approximate surface area is 129 Å². The van der Waals surface area contributed by atoms with E-state index in [1.54, 1.807) is 11.3 Å². The van der Waals surface area contributed by atoms with Gasteiger partial charge in [0.15, 0.2) is 0 Å². The molecule has 1 heterocycles. The van der Waals surface area contributed by atoms with Crippen molar-refractivity contribution in [3.8, 4) is 0 Å². The SMILES string of the molecule is O=C(NCC1CCCC(Cl)C1)C1CCCc2sccc21. The first-order valence-corrected chi connectivity index (χ1v) is 9.03. The van der Waals surface area contributed by atoms with E-state index < -0.39 is 0 Å². The average molecular weight is 312 g/mol. The summed E-state index contributed by atoms with van der Waals surface area (Å²) in [6, 6.07) is 2.14. The van der Waals surface area contributed by atoms with E-state index in [1.807, 2.05) is 0 Å². The average Bonchev–Trinajstić information content (AvgIpc) is 2.93. The normalized spacial score (nSPS) is 29.8. The summed E-state index contributed by atoms with van der Waals surface area (Å²) in [4.78, 5) is 13.9. The van der Waals surface area contributed by atoms with Gasteiger partial charge in [-0.25, -0.2) is 0 Å². The van der Waals surface area contributed by atoms with Crippen LogP contribution < -0.4 is 5.32 Å². The number of amides is 1. The van der Waals surface area contributed by atoms with Crippen molar-refractivity contribution >= 4 is 28.8 Å². The van der Waals surface area contributed by atoms with Crippen LogP contribution in [0.15, 0.2) is 11.4 Å². The summed E-state index contributed by atoms with van der Waals surface area (Å²) in [6.45, 7) is 0.804. The van der Waals surface area contributed by atoms with Gasteiger partial charge in [0, 0.05) is 16.8 Å². The molecule has 110 valence electrons. The molecule has 0 radical (unpaired) electrons. The van der Waals surface area contributed by atoms with Gasteiger partial charge in [-0.2, -0.15) is 0 Å². The van der Waals surface area contributed by atoms with Gasteiger partial charge in [0.1, 0.15) is 0 Å². The van der Waals surface area contributed by atoms with Crippen LogP contribution in [0.5, 0.6) is 0 Å². The summed E-state index contributed by atoms with van der Waals surface area (Å²) in [6.07, 6.45) is 7.87. The zero-order valence-electron chi connectivity index (χ0n) is 11.7. The minimum absolute atomic E-state index is 0.0837. The number of alkyl halides is 1. The van der Waals surface area contributed by atoms with Gasteiger partial charge in [-0.05, 0) is 61.5 Å². The molecule has 0 saturated heterocycles. The van der Waals surface area contributed by atoms with E-state index in [4.69, 9.17) is 11.6 Å². The van der Waals surface area contributed by atoms with Gasteiger partial charge in [0.25, 0.3) is 0 Å². The molecule has 1 amide bonds. The molecule has 3 rings (SSSR count). The predicted octanol–water partition coefficient (Wildman–Crippen LogP) is 4.08. The standard InChI is InChI=1S/C16H22ClNOS/c17-12-4-1-3-11(9-12)10-18-16(19)14-5-2-6-15-13(14)7-8-20-15/h7-8,11-12,14H,1-6,9-10H2,(H,18,19). The lowest BCUT2D eigenvalue weighted by Crippen LogP contribution is -2.36. The van der Waals surface area contributed by atoms with Gasteiger partial charge in [-0.15, -0.1) is 22.9 Å². The first-order chi connectivity index (χ1) is 9.74. The van der Waals surface area contributed by atoms with Crippen LogP contribution in [0.25, 0.3) is 0 Å². The fourth-order valence-corrected chi connectivity index (χ4v) is 4.93. The van der Waals surface area contributed by atoms with Crippen molar-refractivity contribution in [2.45, 2.75) is 56.2 Å². The quantitative estimate of drug-likeness (QED) is 0.837. The number of hydrogen-bond acceptors (Lipinski definition) is 2. The van der Waals surface area contributed by atoms with E-state index in [0.717, 1.165) is 38.6 Å². The zero-order chi connectivity index (χ0) is 13.9. The number of rotatable bonds is 3. The van der Waals surface area contributed by atoms with Crippen LogP contribution in [0.4, 0.5) is 0 Å². The minimum Gasteiger partial charge on any atom is -0.355 e. The maximum Gasteiger partial charge on any atom is 0.227 e. The zero-order valence-corrected chi connectivity index (χ0v) is 13.3. The molecule has 1 N–H and O–H groups in total. The van der Waals surface area contributed by atoms with Crippen molar-refractivity contribution in [3.63, 3.8) is 0 Å². The van der Waals surface area contributed by atoms with Crippen LogP contribution >= 0.6 is 22.9 Å². The molecule has 0 spiro atoms. The van der Waals surface area contributed by atoms with Crippen LogP contribution in [-0.4, -0.2) is 17.8 Å². The molecule has 1 fully saturated rings. The smallest absolute Gasteiger partial charge is 0.227 e. The molecule has 4 heteroatoms. The maximum atomic E-state index is 12.4. The number of carbonyl (C=O) groups is 1. The lowest BCUT2D eigenvalue weighted by Gasteiger charge is -2.27. The Hall–Kier alpha value is -0.540. The van der Waals surface area contributed by atoms with Crippen molar-refractivity contribution in [3.05, 3.63) is 21.9 Å². The molecule has 2 aliphatic carbocycles. The van der Waals surface area contributed by atoms with Gasteiger partial charge < -0.3 is 5.32 Å². The summed E-state index contributed by atoms with van der Waals surface area (Å²) in [7, 11) is 0. The van der Waals surface area contributed by atoms with E-state index >= 15 is 0 Å². The van der Waals surface area contributed by atoms with Gasteiger partial charge >= 0.3 is 0 Å². The molecule has 1 aromatic rings. The van der Waals surface area contributed by atoms with Crippen molar-refractivity contribution in [1.29, 1.82) is 0 Å². The second-order valence-electron chi connectivity index (χ2n) is 6.12. The third kappa shape index (κ3) is 3.20. The number of fused-ring (bicyclic) bond motifs is 1. The molecule has 0 aliphatic heterocycles. The number of hydrogen-bond donors (Lipinski definition) is 1. The molecule has 20 heavy (non-hydrogen) atoms. The second-order valence-corrected chi connectivity index (χ2v) is 7.74. The van der Waals surface area contributed by atoms with Crippen LogP contribution in [0.2, 0.25) is 0 Å². The van der Waals surface area contributed by atoms with Crippen LogP contribution in [0.3, 0.4) is 0 Å². The Bertz CT molecular complexity index is 473. The predicted molar refractivity (Wildman–Crippen MR) is 84.6 cm³/mol.